The van der Waals surface area contributed by atoms with Gasteiger partial charge in [-0.15, -0.1) is 0 Å². The topological polar surface area (TPSA) is 107 Å². The van der Waals surface area contributed by atoms with Crippen molar-refractivity contribution in [2.45, 2.75) is 25.7 Å². The normalized spacial score (nSPS) is 15.2. The van der Waals surface area contributed by atoms with Crippen LogP contribution < -0.4 is 5.32 Å². The molecule has 0 radical (unpaired) electrons. The maximum absolute atomic E-state index is 12.6. The van der Waals surface area contributed by atoms with Crippen molar-refractivity contribution in [1.29, 1.82) is 0 Å². The molecule has 2 rings (SSSR count). The van der Waals surface area contributed by atoms with E-state index >= 15 is 0 Å². The van der Waals surface area contributed by atoms with Crippen molar-refractivity contribution in [1.82, 2.24) is 10.2 Å². The Kier molecular flexibility index (Phi) is 9.12. The van der Waals surface area contributed by atoms with Gasteiger partial charge in [0.2, 0.25) is 5.91 Å². The highest BCUT2D eigenvalue weighted by Gasteiger charge is 2.33. The molecule has 1 aliphatic heterocycles. The average Bonchev–Trinajstić information content (AvgIpc) is 2.89. The van der Waals surface area contributed by atoms with Gasteiger partial charge < -0.3 is 15.5 Å². The van der Waals surface area contributed by atoms with Crippen molar-refractivity contribution < 1.29 is 24.6 Å². The number of phenolic OH excluding ortho intramolecular Hbond substituents is 1. The van der Waals surface area contributed by atoms with Gasteiger partial charge in [0.05, 0.1) is 9.38 Å². The first-order chi connectivity index (χ1) is 13.7. The van der Waals surface area contributed by atoms with Crippen molar-refractivity contribution in [3.8, 4) is 5.75 Å². The molecule has 29 heavy (non-hydrogen) atoms. The lowest BCUT2D eigenvalue weighted by molar-refractivity contribution is -0.137. The van der Waals surface area contributed by atoms with Gasteiger partial charge in [-0.25, -0.2) is 0 Å². The van der Waals surface area contributed by atoms with Crippen molar-refractivity contribution in [2.75, 3.05) is 13.1 Å². The van der Waals surface area contributed by atoms with E-state index in [2.05, 4.69) is 37.2 Å². The van der Waals surface area contributed by atoms with Gasteiger partial charge in [-0.05, 0) is 47.0 Å². The van der Waals surface area contributed by atoms with Crippen LogP contribution in [0.25, 0.3) is 6.08 Å². The van der Waals surface area contributed by atoms with Gasteiger partial charge in [0.1, 0.15) is 16.6 Å². The highest BCUT2D eigenvalue weighted by molar-refractivity contribution is 9.11. The summed E-state index contributed by atoms with van der Waals surface area (Å²) in [5.41, 5.74) is 0.442. The fourth-order valence-electron chi connectivity index (χ4n) is 2.48. The quantitative estimate of drug-likeness (QED) is 0.237. The molecule has 0 unspecified atom stereocenters. The number of phenols is 1. The Labute approximate surface area is 194 Å². The minimum atomic E-state index is -0.833. The largest absolute Gasteiger partial charge is 0.506 e. The molecule has 1 aromatic rings. The zero-order chi connectivity index (χ0) is 21.6. The number of aliphatic carboxylic acids is 1. The predicted octanol–water partition coefficient (Wildman–Crippen LogP) is 3.88. The minimum Gasteiger partial charge on any atom is -0.506 e. The van der Waals surface area contributed by atoms with Crippen LogP contribution in [0, 0.1) is 0 Å². The number of unbranched alkanes of at least 4 members (excludes halogenated alkanes) is 2. The zero-order valence-electron chi connectivity index (χ0n) is 15.1. The maximum atomic E-state index is 12.6. The van der Waals surface area contributed by atoms with Crippen LogP contribution in [0.1, 0.15) is 31.2 Å². The Bertz CT molecular complexity index is 876. The maximum Gasteiger partial charge on any atom is 0.303 e. The third-order valence-electron chi connectivity index (χ3n) is 3.91. The fraction of sp³-hybridized carbons (Fsp3) is 0.333. The molecule has 0 spiro atoms. The predicted molar refractivity (Wildman–Crippen MR) is 122 cm³/mol. The van der Waals surface area contributed by atoms with Gasteiger partial charge in [0.25, 0.3) is 5.91 Å². The summed E-state index contributed by atoms with van der Waals surface area (Å²) in [7, 11) is 0. The van der Waals surface area contributed by atoms with Crippen LogP contribution in [0.4, 0.5) is 0 Å². The van der Waals surface area contributed by atoms with E-state index in [0.29, 0.717) is 40.7 Å². The van der Waals surface area contributed by atoms with E-state index in [-0.39, 0.29) is 28.9 Å². The van der Waals surface area contributed by atoms with E-state index in [4.69, 9.17) is 17.3 Å². The van der Waals surface area contributed by atoms with Gasteiger partial charge in [-0.1, -0.05) is 46.3 Å². The lowest BCUT2D eigenvalue weighted by Gasteiger charge is -2.14. The molecule has 7 nitrogen and oxygen atoms in total. The molecular formula is C18H18Br2N2O5S2. The second-order valence-electron chi connectivity index (χ2n) is 6.15. The summed E-state index contributed by atoms with van der Waals surface area (Å²) in [5.74, 6) is -1.57. The van der Waals surface area contributed by atoms with E-state index in [0.717, 1.165) is 16.2 Å². The monoisotopic (exact) mass is 564 g/mol. The molecule has 0 saturated carbocycles. The smallest absolute Gasteiger partial charge is 0.303 e. The number of benzene rings is 1. The number of carbonyl (C=O) groups excluding carboxylic acids is 2. The first-order valence-corrected chi connectivity index (χ1v) is 11.4. The summed E-state index contributed by atoms with van der Waals surface area (Å²) < 4.78 is 1.48. The van der Waals surface area contributed by atoms with Crippen molar-refractivity contribution in [2.24, 2.45) is 0 Å². The van der Waals surface area contributed by atoms with Crippen molar-refractivity contribution in [3.05, 3.63) is 31.5 Å². The molecule has 1 aliphatic rings. The van der Waals surface area contributed by atoms with E-state index in [1.165, 1.54) is 11.0 Å². The van der Waals surface area contributed by atoms with E-state index in [1.807, 2.05) is 0 Å². The third kappa shape index (κ3) is 7.09. The number of hydrogen-bond acceptors (Lipinski definition) is 6. The highest BCUT2D eigenvalue weighted by Crippen LogP contribution is 2.37. The standard InChI is InChI=1S/C18H18Br2N2O5S2/c19-11-6-10(16(26)12(20)8-11)7-13-17(27)22(18(28)29-13)9-14(23)21-5-3-1-2-4-15(24)25/h6-8,26H,1-5,9H2,(H,21,23)(H,24,25)/b13-7-. The molecule has 0 aromatic heterocycles. The highest BCUT2D eigenvalue weighted by atomic mass is 79.9. The molecule has 11 heteroatoms. The molecule has 0 atom stereocenters. The molecule has 1 saturated heterocycles. The number of thiocarbonyl (C=S) groups is 1. The van der Waals surface area contributed by atoms with E-state index in [1.54, 1.807) is 12.1 Å². The number of amides is 2. The van der Waals surface area contributed by atoms with Gasteiger partial charge in [-0.3, -0.25) is 19.3 Å². The first-order valence-electron chi connectivity index (χ1n) is 8.61. The number of aromatic hydroxyl groups is 1. The van der Waals surface area contributed by atoms with E-state index in [9.17, 15) is 19.5 Å². The number of hydrogen-bond donors (Lipinski definition) is 3. The average molecular weight is 566 g/mol. The molecule has 156 valence electrons. The third-order valence-corrected chi connectivity index (χ3v) is 6.35. The van der Waals surface area contributed by atoms with Crippen molar-refractivity contribution in [3.63, 3.8) is 0 Å². The summed E-state index contributed by atoms with van der Waals surface area (Å²) in [4.78, 5) is 36.7. The summed E-state index contributed by atoms with van der Waals surface area (Å²) in [6.45, 7) is 0.217. The molecule has 3 N–H and O–H groups in total. The lowest BCUT2D eigenvalue weighted by atomic mass is 10.2. The van der Waals surface area contributed by atoms with Crippen molar-refractivity contribution >= 4 is 84.0 Å². The molecular weight excluding hydrogens is 548 g/mol. The molecule has 1 heterocycles. The number of carboxylic acid groups (broad SMARTS) is 1. The number of thioether (sulfide) groups is 1. The summed E-state index contributed by atoms with van der Waals surface area (Å²) in [5, 5.41) is 21.4. The Morgan fingerprint density at radius 2 is 1.97 bits per heavy atom. The van der Waals surface area contributed by atoms with Gasteiger partial charge in [0, 0.05) is 23.0 Å². The second kappa shape index (κ2) is 11.1. The number of nitrogens with one attached hydrogen (secondary N) is 1. The molecule has 2 amide bonds. The molecule has 1 aromatic carbocycles. The number of nitrogens with zero attached hydrogens (tertiary/aromatic N) is 1. The van der Waals surface area contributed by atoms with Crippen LogP contribution in [0.3, 0.4) is 0 Å². The Morgan fingerprint density at radius 1 is 1.24 bits per heavy atom. The number of halogens is 2. The lowest BCUT2D eigenvalue weighted by Crippen LogP contribution is -2.39. The summed E-state index contributed by atoms with van der Waals surface area (Å²) in [6, 6.07) is 3.35. The Hall–Kier alpha value is -1.43. The van der Waals surface area contributed by atoms with Crippen LogP contribution in [0.5, 0.6) is 5.75 Å². The summed E-state index contributed by atoms with van der Waals surface area (Å²) in [6.07, 6.45) is 3.56. The van der Waals surface area contributed by atoms with Gasteiger partial charge >= 0.3 is 5.97 Å². The SMILES string of the molecule is O=C(O)CCCCCNC(=O)CN1C(=O)/C(=C/c2cc(Br)cc(Br)c2O)SC1=S. The summed E-state index contributed by atoms with van der Waals surface area (Å²) >= 11 is 12.9. The number of carboxylic acids is 1. The minimum absolute atomic E-state index is 0.000825. The number of carbonyl (C=O) groups is 3. The molecule has 1 fully saturated rings. The second-order valence-corrected chi connectivity index (χ2v) is 9.59. The first kappa shape index (κ1) is 23.8. The van der Waals surface area contributed by atoms with Crippen LogP contribution in [-0.2, 0) is 14.4 Å². The number of rotatable bonds is 9. The van der Waals surface area contributed by atoms with Crippen LogP contribution >= 0.6 is 55.8 Å². The Balaban J connectivity index is 1.92. The van der Waals surface area contributed by atoms with Gasteiger partial charge in [0.15, 0.2) is 0 Å². The van der Waals surface area contributed by atoms with Crippen LogP contribution in [0.15, 0.2) is 26.0 Å². The fourth-order valence-corrected chi connectivity index (χ4v) is 4.98. The van der Waals surface area contributed by atoms with Gasteiger partial charge in [-0.2, -0.15) is 0 Å². The van der Waals surface area contributed by atoms with Crippen LogP contribution in [0.2, 0.25) is 0 Å². The Morgan fingerprint density at radius 3 is 2.66 bits per heavy atom. The van der Waals surface area contributed by atoms with E-state index < -0.39 is 11.9 Å². The zero-order valence-corrected chi connectivity index (χ0v) is 19.9. The van der Waals surface area contributed by atoms with Crippen LogP contribution in [-0.4, -0.2) is 50.3 Å². The molecule has 0 bridgehead atoms. The molecule has 0 aliphatic carbocycles.